The Morgan fingerprint density at radius 2 is 1.42 bits per heavy atom. The number of fused-ring (bicyclic) bond motifs is 1. The second kappa shape index (κ2) is 18.4. The van der Waals surface area contributed by atoms with Gasteiger partial charge in [0.05, 0.1) is 39.5 Å². The minimum Gasteiger partial charge on any atom is -0.385 e. The summed E-state index contributed by atoms with van der Waals surface area (Å²) in [6, 6.07) is 18.3. The lowest BCUT2D eigenvalue weighted by atomic mass is 10.1. The van der Waals surface area contributed by atoms with Gasteiger partial charge in [-0.15, -0.1) is 15.3 Å². The number of methoxy groups -OCH3 is 1. The predicted octanol–water partition coefficient (Wildman–Crippen LogP) is 6.42. The Bertz CT molecular complexity index is 2340. The third-order valence-corrected chi connectivity index (χ3v) is 8.97. The second-order valence-corrected chi connectivity index (χ2v) is 15.7. The van der Waals surface area contributed by atoms with Crippen LogP contribution in [0.5, 0.6) is 0 Å². The number of aromatic nitrogens is 1. The van der Waals surface area contributed by atoms with Crippen LogP contribution in [-0.4, -0.2) is 78.2 Å². The molecule has 0 aliphatic carbocycles. The fourth-order valence-corrected chi connectivity index (χ4v) is 5.40. The summed E-state index contributed by atoms with van der Waals surface area (Å²) < 4.78 is 86.6. The number of azo groups is 2. The molecule has 0 atom stereocenters. The van der Waals surface area contributed by atoms with Gasteiger partial charge < -0.3 is 15.4 Å². The van der Waals surface area contributed by atoms with Gasteiger partial charge in [0, 0.05) is 48.6 Å². The standard InChI is InChI=1S/C31H32N8O6S2.CH4O3S/c1-4-46(40,41)19-17-34-30-26(20-32)21(2)29(31(35-30)33-16-7-18-45-3)39-38-28-15-14-27(24-8-5-6-9-25(24)28)37-36-22-10-12-23(13-11-22)47(42,43)44;1-5(2,3)4/h4-6,8-15H,1,7,16-19H2,2-3H3,(H2,33,34,35)(H,42,43,44);1H3,(H,2,3,4). The summed E-state index contributed by atoms with van der Waals surface area (Å²) in [4.78, 5) is 4.33. The van der Waals surface area contributed by atoms with Crippen molar-refractivity contribution in [1.29, 1.82) is 5.26 Å². The summed E-state index contributed by atoms with van der Waals surface area (Å²) in [5.74, 6) is 0.346. The molecule has 0 bridgehead atoms. The number of hydrogen-bond acceptors (Lipinski definition) is 15. The molecule has 0 radical (unpaired) electrons. The van der Waals surface area contributed by atoms with Crippen LogP contribution < -0.4 is 10.6 Å². The molecule has 3 aromatic carbocycles. The van der Waals surface area contributed by atoms with Gasteiger partial charge in [-0.2, -0.15) is 27.2 Å². The van der Waals surface area contributed by atoms with Gasteiger partial charge in [-0.3, -0.25) is 9.11 Å². The van der Waals surface area contributed by atoms with Gasteiger partial charge in [0.15, 0.2) is 15.7 Å². The molecular weight excluding hydrogens is 737 g/mol. The van der Waals surface area contributed by atoms with E-state index in [0.29, 0.717) is 60.0 Å². The zero-order valence-corrected chi connectivity index (χ0v) is 30.7. The molecule has 4 N–H and O–H groups in total. The van der Waals surface area contributed by atoms with Gasteiger partial charge in [0.1, 0.15) is 17.6 Å². The maximum atomic E-state index is 11.9. The Balaban J connectivity index is 0.00000136. The number of pyridine rings is 1. The van der Waals surface area contributed by atoms with Gasteiger partial charge in [-0.1, -0.05) is 30.8 Å². The highest BCUT2D eigenvalue weighted by Gasteiger charge is 2.18. The lowest BCUT2D eigenvalue weighted by Crippen LogP contribution is -2.16. The second-order valence-electron chi connectivity index (χ2n) is 10.8. The van der Waals surface area contributed by atoms with Gasteiger partial charge in [0.2, 0.25) is 0 Å². The molecule has 1 heterocycles. The molecule has 20 heteroatoms. The van der Waals surface area contributed by atoms with Crippen molar-refractivity contribution in [3.8, 4) is 6.07 Å². The first-order valence-electron chi connectivity index (χ1n) is 15.1. The first-order valence-corrected chi connectivity index (χ1v) is 20.1. The highest BCUT2D eigenvalue weighted by Crippen LogP contribution is 2.38. The van der Waals surface area contributed by atoms with Gasteiger partial charge >= 0.3 is 0 Å². The van der Waals surface area contributed by atoms with Crippen molar-refractivity contribution in [2.75, 3.05) is 49.4 Å². The quantitative estimate of drug-likeness (QED) is 0.0578. The molecule has 0 aliphatic rings. The molecule has 276 valence electrons. The van der Waals surface area contributed by atoms with E-state index >= 15 is 0 Å². The number of nitriles is 1. The maximum Gasteiger partial charge on any atom is 0.294 e. The van der Waals surface area contributed by atoms with Crippen LogP contribution in [0.3, 0.4) is 0 Å². The van der Waals surface area contributed by atoms with E-state index in [1.807, 2.05) is 24.3 Å². The fraction of sp³-hybridized carbons (Fsp3) is 0.250. The summed E-state index contributed by atoms with van der Waals surface area (Å²) in [6.45, 7) is 6.05. The molecule has 17 nitrogen and oxygen atoms in total. The molecule has 4 aromatic rings. The SMILES string of the molecule is C=CS(=O)(=O)CCNc1nc(NCCCOC)c(N=Nc2ccc(N=Nc3ccc(S(=O)(=O)O)cc3)c3ccccc23)c(C)c1C#N.CS(=O)(=O)O. The van der Waals surface area contributed by atoms with E-state index in [9.17, 15) is 35.1 Å². The topological polar surface area (TPSA) is 262 Å². The zero-order chi connectivity index (χ0) is 38.5. The third kappa shape index (κ3) is 12.6. The van der Waals surface area contributed by atoms with E-state index in [1.165, 1.54) is 24.3 Å². The molecule has 0 saturated carbocycles. The van der Waals surface area contributed by atoms with E-state index in [1.54, 1.807) is 26.2 Å². The summed E-state index contributed by atoms with van der Waals surface area (Å²) in [6.07, 6.45) is 1.38. The highest BCUT2D eigenvalue weighted by molar-refractivity contribution is 7.94. The average molecular weight is 773 g/mol. The zero-order valence-electron chi connectivity index (χ0n) is 28.3. The van der Waals surface area contributed by atoms with Gasteiger partial charge in [-0.25, -0.2) is 13.4 Å². The number of rotatable bonds is 15. The van der Waals surface area contributed by atoms with Gasteiger partial charge in [-0.05, 0) is 49.7 Å². The number of nitrogens with one attached hydrogen (secondary N) is 2. The molecule has 0 spiro atoms. The molecule has 52 heavy (non-hydrogen) atoms. The van der Waals surface area contributed by atoms with E-state index < -0.39 is 30.1 Å². The lowest BCUT2D eigenvalue weighted by Gasteiger charge is -2.15. The lowest BCUT2D eigenvalue weighted by molar-refractivity contribution is 0.198. The van der Waals surface area contributed by atoms with E-state index in [2.05, 4.69) is 48.7 Å². The van der Waals surface area contributed by atoms with Crippen LogP contribution in [0.1, 0.15) is 17.5 Å². The maximum absolute atomic E-state index is 11.9. The average Bonchev–Trinajstić information content (AvgIpc) is 3.08. The van der Waals surface area contributed by atoms with Crippen LogP contribution in [0, 0.1) is 18.3 Å². The molecule has 1 aromatic heterocycles. The number of nitrogens with zero attached hydrogens (tertiary/aromatic N) is 6. The Kier molecular flexibility index (Phi) is 14.6. The monoisotopic (exact) mass is 772 g/mol. The van der Waals surface area contributed by atoms with E-state index in [-0.39, 0.29) is 28.6 Å². The van der Waals surface area contributed by atoms with Crippen molar-refractivity contribution in [3.05, 3.63) is 83.8 Å². The van der Waals surface area contributed by atoms with Crippen LogP contribution in [0.25, 0.3) is 10.8 Å². The van der Waals surface area contributed by atoms with Gasteiger partial charge in [0.25, 0.3) is 20.2 Å². The number of hydrogen-bond donors (Lipinski definition) is 4. The molecule has 0 unspecified atom stereocenters. The molecular formula is C32H36N8O9S3. The summed E-state index contributed by atoms with van der Waals surface area (Å²) >= 11 is 0. The number of ether oxygens (including phenoxy) is 1. The minimum absolute atomic E-state index is 0.0189. The van der Waals surface area contributed by atoms with Crippen LogP contribution >= 0.6 is 0 Å². The minimum atomic E-state index is -4.32. The Labute approximate surface area is 301 Å². The predicted molar refractivity (Wildman–Crippen MR) is 197 cm³/mol. The number of anilines is 2. The van der Waals surface area contributed by atoms with Crippen LogP contribution in [0.4, 0.5) is 34.4 Å². The van der Waals surface area contributed by atoms with Crippen molar-refractivity contribution in [2.45, 2.75) is 18.2 Å². The highest BCUT2D eigenvalue weighted by atomic mass is 32.2. The van der Waals surface area contributed by atoms with E-state index in [4.69, 9.17) is 9.29 Å². The summed E-state index contributed by atoms with van der Waals surface area (Å²) in [7, 11) is -9.84. The number of benzene rings is 3. The Morgan fingerprint density at radius 1 is 0.865 bits per heavy atom. The van der Waals surface area contributed by atoms with Crippen molar-refractivity contribution in [2.24, 2.45) is 20.5 Å². The molecule has 0 amide bonds. The van der Waals surface area contributed by atoms with Crippen molar-refractivity contribution >= 4 is 75.2 Å². The molecule has 0 saturated heterocycles. The first kappa shape index (κ1) is 41.3. The smallest absolute Gasteiger partial charge is 0.294 e. The summed E-state index contributed by atoms with van der Waals surface area (Å²) in [5, 5.41) is 36.0. The largest absolute Gasteiger partial charge is 0.385 e. The molecule has 0 fully saturated rings. The van der Waals surface area contributed by atoms with Crippen molar-refractivity contribution in [3.63, 3.8) is 0 Å². The first-order chi connectivity index (χ1) is 24.5. The van der Waals surface area contributed by atoms with Crippen molar-refractivity contribution in [1.82, 2.24) is 4.98 Å². The van der Waals surface area contributed by atoms with E-state index in [0.717, 1.165) is 16.2 Å². The Morgan fingerprint density at radius 3 is 1.94 bits per heavy atom. The fourth-order valence-electron chi connectivity index (χ4n) is 4.36. The Hall–Kier alpha value is -5.17. The van der Waals surface area contributed by atoms with Crippen molar-refractivity contribution < 1.29 is 39.1 Å². The summed E-state index contributed by atoms with van der Waals surface area (Å²) in [5.41, 5.74) is 2.44. The van der Waals surface area contributed by atoms with Crippen LogP contribution in [-0.2, 0) is 34.8 Å². The third-order valence-electron chi connectivity index (χ3n) is 6.82. The normalized spacial score (nSPS) is 12.0. The van der Waals surface area contributed by atoms with Crippen LogP contribution in [0.15, 0.2) is 98.0 Å². The molecule has 4 rings (SSSR count). The number of sulfone groups is 1. The molecule has 0 aliphatic heterocycles. The van der Waals surface area contributed by atoms with Crippen LogP contribution in [0.2, 0.25) is 0 Å².